The standard InChI is InChI=1S/C15H16F2N4O2/c1-3-21-11-6-4-5-10(12(11)13(19-21)9(2)22)18-14(23)20-7-15(16,17)8-20/h4-6H,3,7-8H2,1-2H3,(H,18,23). The van der Waals surface area contributed by atoms with Gasteiger partial charge in [-0.2, -0.15) is 5.10 Å². The van der Waals surface area contributed by atoms with Crippen LogP contribution in [0, 0.1) is 0 Å². The number of ketones is 1. The number of halogens is 2. The highest BCUT2D eigenvalue weighted by molar-refractivity contribution is 6.12. The molecule has 1 saturated heterocycles. The topological polar surface area (TPSA) is 67.2 Å². The molecule has 0 saturated carbocycles. The van der Waals surface area contributed by atoms with E-state index in [-0.39, 0.29) is 11.5 Å². The first-order chi connectivity index (χ1) is 10.8. The van der Waals surface area contributed by atoms with Gasteiger partial charge in [0.1, 0.15) is 5.69 Å². The summed E-state index contributed by atoms with van der Waals surface area (Å²) in [5.41, 5.74) is 1.36. The maximum absolute atomic E-state index is 12.9. The summed E-state index contributed by atoms with van der Waals surface area (Å²) in [7, 11) is 0. The number of nitrogens with one attached hydrogen (secondary N) is 1. The number of benzene rings is 1. The molecule has 2 heterocycles. The minimum absolute atomic E-state index is 0.223. The first-order valence-electron chi connectivity index (χ1n) is 7.26. The van der Waals surface area contributed by atoms with Crippen LogP contribution in [0.2, 0.25) is 0 Å². The molecule has 2 aromatic rings. The van der Waals surface area contributed by atoms with Crippen LogP contribution >= 0.6 is 0 Å². The Kier molecular flexibility index (Phi) is 3.54. The minimum Gasteiger partial charge on any atom is -0.312 e. The van der Waals surface area contributed by atoms with E-state index in [1.165, 1.54) is 6.92 Å². The Hall–Kier alpha value is -2.51. The van der Waals surface area contributed by atoms with Crippen LogP contribution in [0.1, 0.15) is 24.3 Å². The van der Waals surface area contributed by atoms with E-state index in [9.17, 15) is 18.4 Å². The predicted molar refractivity (Wildman–Crippen MR) is 81.0 cm³/mol. The number of carbonyl (C=O) groups is 2. The zero-order chi connectivity index (χ0) is 16.8. The van der Waals surface area contributed by atoms with E-state index in [0.29, 0.717) is 23.1 Å². The van der Waals surface area contributed by atoms with Crippen LogP contribution in [0.3, 0.4) is 0 Å². The van der Waals surface area contributed by atoms with E-state index in [2.05, 4.69) is 10.4 Å². The number of fused-ring (bicyclic) bond motifs is 1. The van der Waals surface area contributed by atoms with E-state index < -0.39 is 25.0 Å². The molecule has 1 aromatic heterocycles. The molecule has 1 fully saturated rings. The molecule has 0 aliphatic carbocycles. The van der Waals surface area contributed by atoms with Crippen molar-refractivity contribution in [3.63, 3.8) is 0 Å². The molecule has 0 spiro atoms. The monoisotopic (exact) mass is 322 g/mol. The first-order valence-corrected chi connectivity index (χ1v) is 7.26. The number of alkyl halides is 2. The molecule has 0 unspecified atom stereocenters. The van der Waals surface area contributed by atoms with Crippen molar-refractivity contribution in [3.8, 4) is 0 Å². The average molecular weight is 322 g/mol. The highest BCUT2D eigenvalue weighted by Crippen LogP contribution is 2.30. The number of likely N-dealkylation sites (tertiary alicyclic amines) is 1. The van der Waals surface area contributed by atoms with Gasteiger partial charge >= 0.3 is 6.03 Å². The summed E-state index contributed by atoms with van der Waals surface area (Å²) in [4.78, 5) is 24.9. The molecule has 1 aliphatic heterocycles. The van der Waals surface area contributed by atoms with Crippen molar-refractivity contribution in [2.75, 3.05) is 18.4 Å². The SMILES string of the molecule is CCn1nc(C(C)=O)c2c(NC(=O)N3CC(F)(F)C3)cccc21. The first kappa shape index (κ1) is 15.4. The Balaban J connectivity index is 1.96. The normalized spacial score (nSPS) is 16.3. The molecule has 23 heavy (non-hydrogen) atoms. The van der Waals surface area contributed by atoms with Gasteiger partial charge in [0.2, 0.25) is 0 Å². The molecule has 0 radical (unpaired) electrons. The van der Waals surface area contributed by atoms with Crippen LogP contribution in [-0.4, -0.2) is 45.5 Å². The van der Waals surface area contributed by atoms with Crippen LogP contribution in [0.15, 0.2) is 18.2 Å². The third-order valence-electron chi connectivity index (χ3n) is 3.78. The molecular weight excluding hydrogens is 306 g/mol. The number of Topliss-reactive ketones (excluding diaryl/α,β-unsaturated/α-hetero) is 1. The summed E-state index contributed by atoms with van der Waals surface area (Å²) < 4.78 is 27.4. The molecule has 6 nitrogen and oxygen atoms in total. The Labute approximate surface area is 131 Å². The van der Waals surface area contributed by atoms with E-state index >= 15 is 0 Å². The van der Waals surface area contributed by atoms with Gasteiger partial charge in [-0.05, 0) is 19.1 Å². The Morgan fingerprint density at radius 2 is 2.04 bits per heavy atom. The van der Waals surface area contributed by atoms with Gasteiger partial charge in [0.05, 0.1) is 29.7 Å². The maximum atomic E-state index is 12.9. The maximum Gasteiger partial charge on any atom is 0.322 e. The number of urea groups is 1. The fourth-order valence-corrected chi connectivity index (χ4v) is 2.67. The Bertz CT molecular complexity index is 792. The summed E-state index contributed by atoms with van der Waals surface area (Å²) in [5.74, 6) is -3.04. The largest absolute Gasteiger partial charge is 0.322 e. The molecule has 1 aromatic carbocycles. The fourth-order valence-electron chi connectivity index (χ4n) is 2.67. The lowest BCUT2D eigenvalue weighted by Crippen LogP contribution is -2.59. The average Bonchev–Trinajstić information content (AvgIpc) is 2.84. The zero-order valence-electron chi connectivity index (χ0n) is 12.8. The summed E-state index contributed by atoms with van der Waals surface area (Å²) in [6.45, 7) is 2.67. The van der Waals surface area contributed by atoms with E-state index in [0.717, 1.165) is 4.90 Å². The van der Waals surface area contributed by atoms with Crippen LogP contribution in [-0.2, 0) is 6.54 Å². The number of rotatable bonds is 3. The number of nitrogens with zero attached hydrogens (tertiary/aromatic N) is 3. The molecule has 0 bridgehead atoms. The molecule has 8 heteroatoms. The molecule has 3 rings (SSSR count). The van der Waals surface area contributed by atoms with Crippen molar-refractivity contribution < 1.29 is 18.4 Å². The van der Waals surface area contributed by atoms with Crippen LogP contribution < -0.4 is 5.32 Å². The van der Waals surface area contributed by atoms with Crippen molar-refractivity contribution >= 4 is 28.4 Å². The number of amides is 2. The highest BCUT2D eigenvalue weighted by atomic mass is 19.3. The Morgan fingerprint density at radius 1 is 1.35 bits per heavy atom. The van der Waals surface area contributed by atoms with Crippen molar-refractivity contribution in [2.24, 2.45) is 0 Å². The van der Waals surface area contributed by atoms with Gasteiger partial charge in [0.25, 0.3) is 5.92 Å². The predicted octanol–water partition coefficient (Wildman–Crippen LogP) is 2.74. The Morgan fingerprint density at radius 3 is 2.61 bits per heavy atom. The summed E-state index contributed by atoms with van der Waals surface area (Å²) in [6.07, 6.45) is 0. The van der Waals surface area contributed by atoms with Gasteiger partial charge in [-0.3, -0.25) is 9.48 Å². The molecule has 1 N–H and O–H groups in total. The lowest BCUT2D eigenvalue weighted by atomic mass is 10.1. The fraction of sp³-hybridized carbons (Fsp3) is 0.400. The van der Waals surface area contributed by atoms with Gasteiger partial charge in [-0.25, -0.2) is 13.6 Å². The number of carbonyl (C=O) groups excluding carboxylic acids is 2. The zero-order valence-corrected chi connectivity index (χ0v) is 12.8. The smallest absolute Gasteiger partial charge is 0.312 e. The number of aryl methyl sites for hydroxylation is 1. The minimum atomic E-state index is -2.82. The summed E-state index contributed by atoms with van der Waals surface area (Å²) >= 11 is 0. The van der Waals surface area contributed by atoms with Gasteiger partial charge in [-0.15, -0.1) is 0 Å². The molecule has 122 valence electrons. The second-order valence-corrected chi connectivity index (χ2v) is 5.56. The lowest BCUT2D eigenvalue weighted by Gasteiger charge is -2.38. The number of anilines is 1. The van der Waals surface area contributed by atoms with Crippen molar-refractivity contribution in [1.82, 2.24) is 14.7 Å². The summed E-state index contributed by atoms with van der Waals surface area (Å²) in [5, 5.41) is 7.40. The second kappa shape index (κ2) is 5.29. The van der Waals surface area contributed by atoms with Crippen molar-refractivity contribution in [1.29, 1.82) is 0 Å². The van der Waals surface area contributed by atoms with E-state index in [4.69, 9.17) is 0 Å². The van der Waals surface area contributed by atoms with Crippen LogP contribution in [0.5, 0.6) is 0 Å². The molecule has 0 atom stereocenters. The molecular formula is C15H16F2N4O2. The second-order valence-electron chi connectivity index (χ2n) is 5.56. The summed E-state index contributed by atoms with van der Waals surface area (Å²) in [6, 6.07) is 4.54. The van der Waals surface area contributed by atoms with Crippen LogP contribution in [0.25, 0.3) is 10.9 Å². The van der Waals surface area contributed by atoms with Gasteiger partial charge in [0.15, 0.2) is 5.78 Å². The van der Waals surface area contributed by atoms with Crippen molar-refractivity contribution in [3.05, 3.63) is 23.9 Å². The van der Waals surface area contributed by atoms with Gasteiger partial charge < -0.3 is 10.2 Å². The van der Waals surface area contributed by atoms with Crippen molar-refractivity contribution in [2.45, 2.75) is 26.3 Å². The third kappa shape index (κ3) is 2.64. The van der Waals surface area contributed by atoms with E-state index in [1.54, 1.807) is 22.9 Å². The highest BCUT2D eigenvalue weighted by Gasteiger charge is 2.46. The van der Waals surface area contributed by atoms with Crippen LogP contribution in [0.4, 0.5) is 19.3 Å². The molecule has 2 amide bonds. The van der Waals surface area contributed by atoms with Gasteiger partial charge in [0, 0.05) is 13.5 Å². The number of hydrogen-bond acceptors (Lipinski definition) is 3. The van der Waals surface area contributed by atoms with E-state index in [1.807, 2.05) is 6.92 Å². The number of hydrogen-bond donors (Lipinski definition) is 1. The quantitative estimate of drug-likeness (QED) is 0.884. The number of aromatic nitrogens is 2. The molecule has 1 aliphatic rings. The lowest BCUT2D eigenvalue weighted by molar-refractivity contribution is -0.107. The third-order valence-corrected chi connectivity index (χ3v) is 3.78. The van der Waals surface area contributed by atoms with Gasteiger partial charge in [-0.1, -0.05) is 6.07 Å².